The zero-order valence-corrected chi connectivity index (χ0v) is 68.2. The molecule has 12 aliphatic rings. The number of ether oxygens (including phenoxy) is 3. The third-order valence-corrected chi connectivity index (χ3v) is 27.0. The average Bonchev–Trinajstić information content (AvgIpc) is 1.58. The first-order valence-electron chi connectivity index (χ1n) is 42.2. The van der Waals surface area contributed by atoms with Crippen LogP contribution in [0, 0.1) is 18.6 Å². The van der Waals surface area contributed by atoms with Crippen LogP contribution in [0.1, 0.15) is 116 Å². The van der Waals surface area contributed by atoms with Crippen LogP contribution in [0.2, 0.25) is 0 Å². The topological polar surface area (TPSA) is 241 Å². The molecular formula is C89H111F2N19O7. The summed E-state index contributed by atoms with van der Waals surface area (Å²) in [6, 6.07) is 24.7. The minimum atomic E-state index is -0.442. The van der Waals surface area contributed by atoms with Gasteiger partial charge in [-0.25, -0.2) is 8.78 Å². The van der Waals surface area contributed by atoms with Gasteiger partial charge in [-0.3, -0.25) is 14.4 Å². The van der Waals surface area contributed by atoms with Gasteiger partial charge in [0.2, 0.25) is 17.7 Å². The molecule has 26 nitrogen and oxygen atoms in total. The van der Waals surface area contributed by atoms with Crippen LogP contribution >= 0.6 is 0 Å². The highest BCUT2D eigenvalue weighted by atomic mass is 19.1. The van der Waals surface area contributed by atoms with Crippen molar-refractivity contribution in [2.75, 3.05) is 194 Å². The van der Waals surface area contributed by atoms with Crippen molar-refractivity contribution >= 4 is 68.7 Å². The number of phenolic OH excluding ortho intramolecular Hbond substituents is 1. The molecule has 6 saturated heterocycles. The first-order chi connectivity index (χ1) is 56.7. The van der Waals surface area contributed by atoms with Crippen LogP contribution in [-0.2, 0) is 50.3 Å². The number of rotatable bonds is 18. The molecule has 3 aromatic heterocycles. The maximum absolute atomic E-state index is 15.0. The number of hydrogen-bond donors (Lipinski definition) is 2. The van der Waals surface area contributed by atoms with Gasteiger partial charge in [0.25, 0.3) is 0 Å². The molecular weight excluding hydrogens is 1490 g/mol. The summed E-state index contributed by atoms with van der Waals surface area (Å²) in [5, 5.41) is 13.1. The van der Waals surface area contributed by atoms with Crippen molar-refractivity contribution in [3.8, 4) is 23.8 Å². The highest BCUT2D eigenvalue weighted by molar-refractivity contribution is 5.97. The number of carbonyl (C=O) groups excluding carboxylic acids is 3. The molecule has 7 aromatic rings. The minimum absolute atomic E-state index is 0.00115. The van der Waals surface area contributed by atoms with Crippen molar-refractivity contribution in [3.63, 3.8) is 0 Å². The molecule has 28 heteroatoms. The second kappa shape index (κ2) is 32.8. The van der Waals surface area contributed by atoms with Crippen LogP contribution in [0.3, 0.4) is 0 Å². The number of nitrogen functional groups attached to an aromatic ring is 1. The molecule has 117 heavy (non-hydrogen) atoms. The second-order valence-corrected chi connectivity index (χ2v) is 34.4. The quantitative estimate of drug-likeness (QED) is 0.0600. The zero-order valence-electron chi connectivity index (χ0n) is 68.2. The molecule has 3 aliphatic carbocycles. The molecule has 12 heterocycles. The summed E-state index contributed by atoms with van der Waals surface area (Å²) in [4.78, 5) is 92.4. The van der Waals surface area contributed by atoms with Crippen LogP contribution in [-0.4, -0.2) is 259 Å². The van der Waals surface area contributed by atoms with E-state index in [1.165, 1.54) is 76.5 Å². The van der Waals surface area contributed by atoms with Gasteiger partial charge < -0.3 is 83.8 Å². The summed E-state index contributed by atoms with van der Waals surface area (Å²) in [6.07, 6.45) is 17.1. The molecule has 9 aliphatic heterocycles. The normalized spacial score (nSPS) is 22.2. The number of anilines is 7. The SMILES string of the molecule is C=CC(=O)N1CCN(c2nc(OC[C@@H]3CCCN3C)nc3c2C2(CC2)CN(c2c(N)cccc2F)C3)CC1.C=CC(=O)N1CCN(c2nc(OC[C@@H]3CCCN3C)nc3c2C2(CC2)CN(c2c(O)cccc2F)C3)CC1.C=CC(=O)N1CCN(c2nc(OC[C@@H]3CCCN3C)nc3c2C2(CC2)CN(c2cccc4cccc(C)c24)C3)CC1. The molecule has 0 bridgehead atoms. The lowest BCUT2D eigenvalue weighted by molar-refractivity contribution is -0.127. The summed E-state index contributed by atoms with van der Waals surface area (Å²) in [5.41, 5.74) is 16.0. The van der Waals surface area contributed by atoms with Gasteiger partial charge in [-0.2, -0.15) is 29.9 Å². The number of amides is 3. The highest BCUT2D eigenvalue weighted by Crippen LogP contribution is 2.59. The molecule has 0 radical (unpaired) electrons. The first kappa shape index (κ1) is 79.0. The predicted octanol–water partition coefficient (Wildman–Crippen LogP) is 9.54. The summed E-state index contributed by atoms with van der Waals surface area (Å²) >= 11 is 0. The van der Waals surface area contributed by atoms with Crippen molar-refractivity contribution in [1.29, 1.82) is 0 Å². The number of aromatic nitrogens is 6. The molecule has 3 amide bonds. The van der Waals surface area contributed by atoms with Gasteiger partial charge in [0.1, 0.15) is 60.3 Å². The van der Waals surface area contributed by atoms with Crippen LogP contribution in [0.25, 0.3) is 10.8 Å². The molecule has 3 N–H and O–H groups in total. The number of nitrogens with zero attached hydrogens (tertiary/aromatic N) is 18. The van der Waals surface area contributed by atoms with Crippen molar-refractivity contribution in [3.05, 3.63) is 162 Å². The first-order valence-corrected chi connectivity index (χ1v) is 42.2. The Labute approximate surface area is 684 Å². The van der Waals surface area contributed by atoms with Crippen molar-refractivity contribution in [2.45, 2.75) is 138 Å². The maximum Gasteiger partial charge on any atom is 0.318 e. The summed E-state index contributed by atoms with van der Waals surface area (Å²) in [7, 11) is 6.41. The Morgan fingerprint density at radius 1 is 0.462 bits per heavy atom. The Morgan fingerprint density at radius 3 is 1.17 bits per heavy atom. The third-order valence-electron chi connectivity index (χ3n) is 27.0. The molecule has 618 valence electrons. The number of piperazine rings is 3. The number of carbonyl (C=O) groups is 3. The molecule has 19 rings (SSSR count). The smallest absolute Gasteiger partial charge is 0.318 e. The number of benzene rings is 4. The largest absolute Gasteiger partial charge is 0.506 e. The Morgan fingerprint density at radius 2 is 0.812 bits per heavy atom. The van der Waals surface area contributed by atoms with Crippen LogP contribution in [0.15, 0.2) is 111 Å². The van der Waals surface area contributed by atoms with Crippen LogP contribution in [0.5, 0.6) is 23.8 Å². The van der Waals surface area contributed by atoms with Gasteiger partial charge in [-0.15, -0.1) is 0 Å². The number of likely N-dealkylation sites (tertiary alicyclic amines) is 3. The number of halogens is 2. The fraction of sp³-hybridized carbons (Fsp3) is 0.517. The van der Waals surface area contributed by atoms with Gasteiger partial charge in [0.15, 0.2) is 0 Å². The Kier molecular flexibility index (Phi) is 22.2. The Bertz CT molecular complexity index is 4700. The lowest BCUT2D eigenvalue weighted by atomic mass is 9.88. The Balaban J connectivity index is 0.000000126. The maximum atomic E-state index is 15.0. The number of nitrogens with two attached hydrogens (primary N) is 1. The third kappa shape index (κ3) is 15.9. The summed E-state index contributed by atoms with van der Waals surface area (Å²) < 4.78 is 48.6. The molecule has 3 spiro atoms. The fourth-order valence-corrected chi connectivity index (χ4v) is 19.8. The predicted molar refractivity (Wildman–Crippen MR) is 450 cm³/mol. The zero-order chi connectivity index (χ0) is 81.0. The van der Waals surface area contributed by atoms with E-state index in [0.29, 0.717) is 159 Å². The van der Waals surface area contributed by atoms with E-state index in [-0.39, 0.29) is 51.2 Å². The minimum Gasteiger partial charge on any atom is -0.506 e. The lowest BCUT2D eigenvalue weighted by Crippen LogP contribution is -2.50. The van der Waals surface area contributed by atoms with Crippen LogP contribution in [0.4, 0.5) is 49.0 Å². The van der Waals surface area contributed by atoms with Gasteiger partial charge in [0.05, 0.1) is 48.1 Å². The number of phenols is 1. The molecule has 4 aromatic carbocycles. The molecule has 0 unspecified atom stereocenters. The summed E-state index contributed by atoms with van der Waals surface area (Å²) in [5.74, 6) is 1.85. The monoisotopic (exact) mass is 1600 g/mol. The van der Waals surface area contributed by atoms with E-state index < -0.39 is 5.82 Å². The number of aryl methyl sites for hydroxylation is 1. The second-order valence-electron chi connectivity index (χ2n) is 34.4. The number of aromatic hydroxyl groups is 1. The average molecular weight is 1600 g/mol. The fourth-order valence-electron chi connectivity index (χ4n) is 19.8. The van der Waals surface area contributed by atoms with Gasteiger partial charge in [-0.1, -0.05) is 62.2 Å². The van der Waals surface area contributed by atoms with Crippen molar-refractivity contribution in [2.24, 2.45) is 0 Å². The number of likely N-dealkylation sites (N-methyl/N-ethyl adjacent to an activating group) is 3. The van der Waals surface area contributed by atoms with E-state index in [1.807, 2.05) is 19.6 Å². The lowest BCUT2D eigenvalue weighted by Gasteiger charge is -2.41. The molecule has 3 atom stereocenters. The van der Waals surface area contributed by atoms with E-state index in [2.05, 4.69) is 119 Å². The van der Waals surface area contributed by atoms with Crippen molar-refractivity contribution in [1.82, 2.24) is 59.3 Å². The number of hydrogen-bond acceptors (Lipinski definition) is 23. The Hall–Kier alpha value is -10.5. The van der Waals surface area contributed by atoms with Crippen molar-refractivity contribution < 1.29 is 42.5 Å². The van der Waals surface area contributed by atoms with E-state index in [0.717, 1.165) is 162 Å². The highest BCUT2D eigenvalue weighted by Gasteiger charge is 2.56. The molecule has 9 fully saturated rings. The molecule has 3 saturated carbocycles. The van der Waals surface area contributed by atoms with E-state index in [1.54, 1.807) is 17.0 Å². The van der Waals surface area contributed by atoms with Gasteiger partial charge >= 0.3 is 18.0 Å². The number of fused-ring (bicyclic) bond motifs is 7. The standard InChI is InChI=1S/C33H40N6O2.C28H36FN7O2.C28H35FN6O3/c1-4-28(40)37-16-18-38(19-17-37)31-30-26(34-32(35-31)41-21-25-11-7-15-36(25)3)20-39(22-33(30)13-14-33)27-12-6-10-24-9-5-8-23(2)29(24)27;1-3-23(37)34-12-14-35(15-13-34)26-24-22(31-27(32-26)38-17-19-6-5-11-33(19)2)16-36(18-28(24)9-10-28)25-20(29)7-4-8-21(25)30;1-3-23(37)33-12-14-34(15-13-33)26-24-21(30-27(31-26)38-17-19-6-5-11-32(19)2)16-35(18-28(24)9-10-28)25-20(29)7-4-8-22(25)36/h4-6,8-10,12,25H,1,7,11,13-22H2,2-3H3;3-4,7-8,19H,1,5-6,9-18,30H2,2H3;3-4,7-8,19,36H,1,5-6,9-18H2,2H3/t25-;2*19-/m000/s1. The van der Waals surface area contributed by atoms with Gasteiger partial charge in [0, 0.05) is 160 Å². The van der Waals surface area contributed by atoms with E-state index in [9.17, 15) is 28.3 Å². The summed E-state index contributed by atoms with van der Waals surface area (Å²) in [6.45, 7) is 29.7. The van der Waals surface area contributed by atoms with Crippen LogP contribution < -0.4 is 49.3 Å². The van der Waals surface area contributed by atoms with E-state index >= 15 is 0 Å². The number of para-hydroxylation sites is 2. The van der Waals surface area contributed by atoms with Gasteiger partial charge in [-0.05, 0) is 184 Å². The van der Waals surface area contributed by atoms with E-state index in [4.69, 9.17) is 49.8 Å².